The number of rotatable bonds is 30. The van der Waals surface area contributed by atoms with Crippen LogP contribution in [0.1, 0.15) is 38.5 Å². The summed E-state index contributed by atoms with van der Waals surface area (Å²) < 4.78 is 33.6. The van der Waals surface area contributed by atoms with E-state index in [1.807, 2.05) is 20.4 Å². The number of alkyl carbamates (subject to hydrolysis) is 1. The van der Waals surface area contributed by atoms with E-state index in [1.54, 1.807) is 0 Å². The van der Waals surface area contributed by atoms with Crippen molar-refractivity contribution in [3.05, 3.63) is 0 Å². The van der Waals surface area contributed by atoms with Gasteiger partial charge < -0.3 is 73.3 Å². The number of nitrogens with one attached hydrogen (secondary N) is 1. The molecule has 0 aromatic heterocycles. The lowest BCUT2D eigenvalue weighted by molar-refractivity contribution is -0.107. The monoisotopic (exact) mass is 659 g/mol. The number of carbonyl (C=O) groups is 5. The zero-order valence-corrected chi connectivity index (χ0v) is 26.6. The Hall–Kier alpha value is -2.41. The first-order valence-corrected chi connectivity index (χ1v) is 14.7. The molecule has 16 heteroatoms. The van der Waals surface area contributed by atoms with E-state index in [2.05, 4.69) is 5.32 Å². The highest BCUT2D eigenvalue weighted by Gasteiger charge is 2.16. The van der Waals surface area contributed by atoms with Crippen molar-refractivity contribution in [1.82, 2.24) is 5.32 Å². The molecule has 0 rings (SSSR count). The Morgan fingerprint density at radius 2 is 1.16 bits per heavy atom. The topological polar surface area (TPSA) is 234 Å². The van der Waals surface area contributed by atoms with Crippen molar-refractivity contribution in [1.29, 1.82) is 0 Å². The van der Waals surface area contributed by atoms with Gasteiger partial charge >= 0.3 is 6.09 Å². The molecule has 0 aromatic carbocycles. The number of aldehydes is 1. The normalized spacial score (nSPS) is 12.1. The van der Waals surface area contributed by atoms with Crippen LogP contribution in [0.25, 0.3) is 0 Å². The average Bonchev–Trinajstić information content (AvgIpc) is 3.08. The Labute approximate surface area is 266 Å². The maximum atomic E-state index is 11.8. The molecule has 5 N–H and O–H groups in total. The van der Waals surface area contributed by atoms with Crippen molar-refractivity contribution in [3.63, 3.8) is 0 Å². The lowest BCUT2D eigenvalue weighted by Crippen LogP contribution is -2.31. The van der Waals surface area contributed by atoms with Crippen LogP contribution in [-0.4, -0.2) is 158 Å². The Morgan fingerprint density at radius 3 is 1.73 bits per heavy atom. The minimum absolute atomic E-state index is 0.0343. The third kappa shape index (κ3) is 39.6. The van der Waals surface area contributed by atoms with Crippen LogP contribution in [0.4, 0.5) is 4.79 Å². The van der Waals surface area contributed by atoms with Crippen LogP contribution in [0.3, 0.4) is 0 Å². The van der Waals surface area contributed by atoms with Gasteiger partial charge in [0.1, 0.15) is 39.4 Å². The van der Waals surface area contributed by atoms with Crippen LogP contribution < -0.4 is 5.32 Å². The van der Waals surface area contributed by atoms with Gasteiger partial charge in [0.2, 0.25) is 0 Å². The summed E-state index contributed by atoms with van der Waals surface area (Å²) in [6.07, 6.45) is 2.98. The molecule has 268 valence electrons. The second-order valence-electron chi connectivity index (χ2n) is 9.00. The SMILES string of the molecule is C=O.C=O.C=O.O=CCCNC(=O)OCC(COCCOCC(COCCCO)OCCCO)COCC(CCO)CCCO. The molecule has 0 fully saturated rings. The van der Waals surface area contributed by atoms with Crippen molar-refractivity contribution < 1.29 is 72.8 Å². The maximum Gasteiger partial charge on any atom is 0.407 e. The van der Waals surface area contributed by atoms with Crippen LogP contribution in [0.2, 0.25) is 0 Å². The van der Waals surface area contributed by atoms with E-state index in [4.69, 9.17) is 58.1 Å². The van der Waals surface area contributed by atoms with E-state index in [0.29, 0.717) is 71.6 Å². The van der Waals surface area contributed by atoms with Crippen molar-refractivity contribution in [2.45, 2.75) is 44.6 Å². The van der Waals surface area contributed by atoms with E-state index in [0.717, 1.165) is 6.42 Å². The molecule has 3 unspecified atom stereocenters. The molecule has 0 aliphatic carbocycles. The molecule has 0 heterocycles. The van der Waals surface area contributed by atoms with Gasteiger partial charge in [-0.2, -0.15) is 0 Å². The molecule has 0 saturated heterocycles. The van der Waals surface area contributed by atoms with E-state index in [9.17, 15) is 14.7 Å². The zero-order valence-electron chi connectivity index (χ0n) is 26.6. The fourth-order valence-electron chi connectivity index (χ4n) is 3.32. The quantitative estimate of drug-likeness (QED) is 0.0476. The van der Waals surface area contributed by atoms with Crippen molar-refractivity contribution in [2.24, 2.45) is 11.8 Å². The predicted octanol–water partition coefficient (Wildman–Crippen LogP) is -0.649. The van der Waals surface area contributed by atoms with Gasteiger partial charge in [-0.1, -0.05) is 0 Å². The molecule has 0 aromatic rings. The van der Waals surface area contributed by atoms with Crippen LogP contribution in [-0.2, 0) is 47.6 Å². The predicted molar refractivity (Wildman–Crippen MR) is 163 cm³/mol. The summed E-state index contributed by atoms with van der Waals surface area (Å²) in [4.78, 5) is 46.2. The van der Waals surface area contributed by atoms with E-state index in [-0.39, 0.29) is 83.8 Å². The molecule has 0 aliphatic rings. The Balaban J connectivity index is -0.00000131. The van der Waals surface area contributed by atoms with Gasteiger partial charge in [-0.15, -0.1) is 0 Å². The summed E-state index contributed by atoms with van der Waals surface area (Å²) in [7, 11) is 0. The molecule has 0 radical (unpaired) electrons. The summed E-state index contributed by atoms with van der Waals surface area (Å²) in [5.74, 6) is -0.131. The number of amides is 1. The van der Waals surface area contributed by atoms with Gasteiger partial charge in [0.25, 0.3) is 0 Å². The molecule has 1 amide bonds. The molecule has 0 aliphatic heterocycles. The number of hydrogen-bond donors (Lipinski definition) is 5. The van der Waals surface area contributed by atoms with Gasteiger partial charge in [0.15, 0.2) is 0 Å². The molecule has 0 bridgehead atoms. The first-order chi connectivity index (χ1) is 22.1. The maximum absolute atomic E-state index is 11.8. The number of hydrogen-bond acceptors (Lipinski definition) is 15. The number of ether oxygens (including phenoxy) is 6. The lowest BCUT2D eigenvalue weighted by Gasteiger charge is -2.21. The highest BCUT2D eigenvalue weighted by molar-refractivity contribution is 5.67. The van der Waals surface area contributed by atoms with Crippen LogP contribution in [0, 0.1) is 11.8 Å². The van der Waals surface area contributed by atoms with Gasteiger partial charge in [-0.25, -0.2) is 4.79 Å². The van der Waals surface area contributed by atoms with Crippen LogP contribution in [0.5, 0.6) is 0 Å². The van der Waals surface area contributed by atoms with E-state index < -0.39 is 6.09 Å². The van der Waals surface area contributed by atoms with Gasteiger partial charge in [0.05, 0.1) is 39.6 Å². The first-order valence-electron chi connectivity index (χ1n) is 14.7. The number of aliphatic hydroxyl groups excluding tert-OH is 4. The lowest BCUT2D eigenvalue weighted by atomic mass is 10.0. The third-order valence-electron chi connectivity index (χ3n) is 5.43. The number of carbonyl (C=O) groups excluding carboxylic acids is 5. The van der Waals surface area contributed by atoms with Gasteiger partial charge in [-0.3, -0.25) is 0 Å². The van der Waals surface area contributed by atoms with Crippen molar-refractivity contribution >= 4 is 32.7 Å². The first kappa shape index (κ1) is 49.5. The molecular formula is C29H57NO15. The molecule has 0 spiro atoms. The van der Waals surface area contributed by atoms with E-state index in [1.165, 1.54) is 0 Å². The Kier molecular flexibility index (Phi) is 50.6. The summed E-state index contributed by atoms with van der Waals surface area (Å²) in [5, 5.41) is 38.6. The van der Waals surface area contributed by atoms with Crippen molar-refractivity contribution in [2.75, 3.05) is 99.0 Å². The second kappa shape index (κ2) is 46.0. The van der Waals surface area contributed by atoms with Gasteiger partial charge in [0, 0.05) is 65.1 Å². The van der Waals surface area contributed by atoms with E-state index >= 15 is 0 Å². The highest BCUT2D eigenvalue weighted by atomic mass is 16.6. The Bertz CT molecular complexity index is 587. The summed E-state index contributed by atoms with van der Waals surface area (Å²) in [5.41, 5.74) is 0. The third-order valence-corrected chi connectivity index (χ3v) is 5.43. The second-order valence-corrected chi connectivity index (χ2v) is 9.00. The summed E-state index contributed by atoms with van der Waals surface area (Å²) in [6, 6.07) is 0. The molecule has 3 atom stereocenters. The fourth-order valence-corrected chi connectivity index (χ4v) is 3.32. The zero-order chi connectivity index (χ0) is 34.8. The highest BCUT2D eigenvalue weighted by Crippen LogP contribution is 2.12. The minimum Gasteiger partial charge on any atom is -0.449 e. The summed E-state index contributed by atoms with van der Waals surface area (Å²) >= 11 is 0. The van der Waals surface area contributed by atoms with Crippen LogP contribution >= 0.6 is 0 Å². The number of aliphatic hydroxyl groups is 4. The molecule has 45 heavy (non-hydrogen) atoms. The fraction of sp³-hybridized carbons (Fsp3) is 0.828. The Morgan fingerprint density at radius 1 is 0.622 bits per heavy atom. The summed E-state index contributed by atoms with van der Waals surface area (Å²) in [6.45, 7) is 9.39. The smallest absolute Gasteiger partial charge is 0.407 e. The molecule has 16 nitrogen and oxygen atoms in total. The largest absolute Gasteiger partial charge is 0.449 e. The minimum atomic E-state index is -0.625. The van der Waals surface area contributed by atoms with Crippen molar-refractivity contribution in [3.8, 4) is 0 Å². The average molecular weight is 660 g/mol. The molecule has 0 saturated carbocycles. The van der Waals surface area contributed by atoms with Gasteiger partial charge in [-0.05, 0) is 38.0 Å². The van der Waals surface area contributed by atoms with Crippen LogP contribution in [0.15, 0.2) is 0 Å². The molecular weight excluding hydrogens is 602 g/mol. The standard InChI is InChI=1S/C26H51NO12.3CH2O/c28-8-1-5-23(6-12-32)17-37-19-24(20-39-26(33)27-7-2-9-29)18-35-15-16-36-22-25(38-14-4-11-31)21-34-13-3-10-30;3*1-2/h9,23-25,28,30-32H,1-8,10-22H2,(H,27,33);3*1H2.